The van der Waals surface area contributed by atoms with Gasteiger partial charge in [-0.1, -0.05) is 38.5 Å². The molecule has 0 aromatic heterocycles. The summed E-state index contributed by atoms with van der Waals surface area (Å²) in [6.07, 6.45) is 7.00. The molecule has 4 unspecified atom stereocenters. The minimum Gasteiger partial charge on any atom is -0.362 e. The second-order valence-corrected chi connectivity index (χ2v) is 7.39. The fraction of sp³-hybridized carbons (Fsp3) is 0.929. The minimum absolute atomic E-state index is 0.669. The molecule has 0 bridgehead atoms. The van der Waals surface area contributed by atoms with E-state index in [4.69, 9.17) is 4.99 Å². The third-order valence-electron chi connectivity index (χ3n) is 4.84. The molecule has 2 aliphatic carbocycles. The maximum atomic E-state index is 4.70. The van der Waals surface area contributed by atoms with Crippen LogP contribution < -0.4 is 5.32 Å². The molecule has 3 heteroatoms. The summed E-state index contributed by atoms with van der Waals surface area (Å²) in [4.78, 5) is 4.70. The van der Waals surface area contributed by atoms with Crippen molar-refractivity contribution >= 4 is 16.9 Å². The average Bonchev–Trinajstić information content (AvgIpc) is 3.06. The molecule has 1 N–H and O–H groups in total. The van der Waals surface area contributed by atoms with E-state index in [1.807, 2.05) is 11.8 Å². The molecule has 0 aromatic rings. The molecule has 0 radical (unpaired) electrons. The monoisotopic (exact) mass is 252 g/mol. The van der Waals surface area contributed by atoms with Gasteiger partial charge in [0.25, 0.3) is 0 Å². The van der Waals surface area contributed by atoms with Crippen molar-refractivity contribution in [3.63, 3.8) is 0 Å². The van der Waals surface area contributed by atoms with E-state index in [0.29, 0.717) is 6.04 Å². The van der Waals surface area contributed by atoms with E-state index in [1.54, 1.807) is 0 Å². The van der Waals surface area contributed by atoms with E-state index in [2.05, 4.69) is 19.2 Å². The van der Waals surface area contributed by atoms with Gasteiger partial charge in [0.1, 0.15) is 0 Å². The van der Waals surface area contributed by atoms with Crippen molar-refractivity contribution in [2.24, 2.45) is 22.7 Å². The van der Waals surface area contributed by atoms with Crippen LogP contribution in [-0.2, 0) is 0 Å². The standard InChI is InChI=1S/C14H24N2S/c1-9-4-3-5-12(10(9)2)16-14-15-8-13(17-14)11-6-7-11/h9-13H,3-8H2,1-2H3,(H,15,16). The van der Waals surface area contributed by atoms with Crippen LogP contribution in [0.4, 0.5) is 0 Å². The molecule has 1 heterocycles. The predicted molar refractivity (Wildman–Crippen MR) is 75.5 cm³/mol. The van der Waals surface area contributed by atoms with Gasteiger partial charge in [0.15, 0.2) is 5.17 Å². The van der Waals surface area contributed by atoms with E-state index < -0.39 is 0 Å². The molecular weight excluding hydrogens is 228 g/mol. The summed E-state index contributed by atoms with van der Waals surface area (Å²) in [7, 11) is 0. The van der Waals surface area contributed by atoms with Crippen LogP contribution in [0.25, 0.3) is 0 Å². The molecule has 17 heavy (non-hydrogen) atoms. The van der Waals surface area contributed by atoms with E-state index in [-0.39, 0.29) is 0 Å². The Bertz CT molecular complexity index is 311. The topological polar surface area (TPSA) is 24.4 Å². The average molecular weight is 252 g/mol. The van der Waals surface area contributed by atoms with E-state index in [1.165, 1.54) is 37.3 Å². The van der Waals surface area contributed by atoms with Crippen molar-refractivity contribution in [2.45, 2.75) is 57.2 Å². The first-order chi connectivity index (χ1) is 8.24. The van der Waals surface area contributed by atoms with E-state index >= 15 is 0 Å². The Labute approximate surface area is 109 Å². The molecule has 1 aliphatic heterocycles. The van der Waals surface area contributed by atoms with Gasteiger partial charge < -0.3 is 5.32 Å². The van der Waals surface area contributed by atoms with Gasteiger partial charge in [-0.15, -0.1) is 0 Å². The Morgan fingerprint density at radius 3 is 2.76 bits per heavy atom. The number of amidine groups is 1. The third kappa shape index (κ3) is 2.64. The lowest BCUT2D eigenvalue weighted by Gasteiger charge is -2.35. The number of hydrogen-bond acceptors (Lipinski definition) is 3. The van der Waals surface area contributed by atoms with Crippen molar-refractivity contribution in [1.82, 2.24) is 5.32 Å². The van der Waals surface area contributed by atoms with Crippen LogP contribution in [0.3, 0.4) is 0 Å². The Kier molecular flexibility index (Phi) is 3.38. The summed E-state index contributed by atoms with van der Waals surface area (Å²) >= 11 is 2.02. The van der Waals surface area contributed by atoms with Crippen LogP contribution in [0.2, 0.25) is 0 Å². The molecule has 2 fully saturated rings. The summed E-state index contributed by atoms with van der Waals surface area (Å²) in [5, 5.41) is 5.77. The molecule has 96 valence electrons. The minimum atomic E-state index is 0.669. The van der Waals surface area contributed by atoms with Crippen LogP contribution in [0.5, 0.6) is 0 Å². The van der Waals surface area contributed by atoms with Gasteiger partial charge in [-0.2, -0.15) is 0 Å². The van der Waals surface area contributed by atoms with Crippen LogP contribution in [0, 0.1) is 17.8 Å². The summed E-state index contributed by atoms with van der Waals surface area (Å²) in [5.41, 5.74) is 0. The third-order valence-corrected chi connectivity index (χ3v) is 6.15. The van der Waals surface area contributed by atoms with Gasteiger partial charge in [-0.05, 0) is 37.0 Å². The molecule has 0 amide bonds. The van der Waals surface area contributed by atoms with Crippen LogP contribution in [0.15, 0.2) is 4.99 Å². The number of hydrogen-bond donors (Lipinski definition) is 1. The predicted octanol–water partition coefficient (Wildman–Crippen LogP) is 3.28. The molecule has 0 aromatic carbocycles. The molecular formula is C14H24N2S. The summed E-state index contributed by atoms with van der Waals surface area (Å²) in [5.74, 6) is 2.64. The Balaban J connectivity index is 1.52. The molecule has 3 rings (SSSR count). The first kappa shape index (κ1) is 11.9. The van der Waals surface area contributed by atoms with Crippen LogP contribution >= 0.6 is 11.8 Å². The zero-order valence-corrected chi connectivity index (χ0v) is 11.8. The quantitative estimate of drug-likeness (QED) is 0.815. The van der Waals surface area contributed by atoms with Crippen molar-refractivity contribution in [3.05, 3.63) is 0 Å². The second-order valence-electron chi connectivity index (χ2n) is 6.16. The SMILES string of the molecule is CC1CCCC(NC2=NCC(C3CC3)S2)C1C. The highest BCUT2D eigenvalue weighted by molar-refractivity contribution is 8.14. The zero-order valence-electron chi connectivity index (χ0n) is 11.0. The van der Waals surface area contributed by atoms with Crippen molar-refractivity contribution < 1.29 is 0 Å². The van der Waals surface area contributed by atoms with Gasteiger partial charge in [0.2, 0.25) is 0 Å². The number of rotatable bonds is 2. The van der Waals surface area contributed by atoms with Crippen molar-refractivity contribution in [2.75, 3.05) is 6.54 Å². The Morgan fingerprint density at radius 2 is 2.00 bits per heavy atom. The van der Waals surface area contributed by atoms with E-state index in [0.717, 1.165) is 29.5 Å². The van der Waals surface area contributed by atoms with Crippen LogP contribution in [-0.4, -0.2) is 23.0 Å². The first-order valence-corrected chi connectivity index (χ1v) is 8.09. The molecule has 2 saturated carbocycles. The van der Waals surface area contributed by atoms with Crippen LogP contribution in [0.1, 0.15) is 46.0 Å². The van der Waals surface area contributed by atoms with Gasteiger partial charge in [-0.25, -0.2) is 0 Å². The van der Waals surface area contributed by atoms with E-state index in [9.17, 15) is 0 Å². The molecule has 2 nitrogen and oxygen atoms in total. The number of nitrogens with zero attached hydrogens (tertiary/aromatic N) is 1. The van der Waals surface area contributed by atoms with Gasteiger partial charge in [0.05, 0.1) is 6.54 Å². The highest BCUT2D eigenvalue weighted by Gasteiger charge is 2.36. The largest absolute Gasteiger partial charge is 0.362 e. The highest BCUT2D eigenvalue weighted by Crippen LogP contribution is 2.42. The van der Waals surface area contributed by atoms with Gasteiger partial charge >= 0.3 is 0 Å². The normalized spacial score (nSPS) is 42.4. The first-order valence-electron chi connectivity index (χ1n) is 7.21. The number of aliphatic imine (C=N–C) groups is 1. The molecule has 3 aliphatic rings. The fourth-order valence-electron chi connectivity index (χ4n) is 3.13. The molecule has 0 spiro atoms. The second kappa shape index (κ2) is 4.83. The maximum absolute atomic E-state index is 4.70. The van der Waals surface area contributed by atoms with Crippen molar-refractivity contribution in [1.29, 1.82) is 0 Å². The fourth-order valence-corrected chi connectivity index (χ4v) is 4.40. The number of thioether (sulfide) groups is 1. The summed E-state index contributed by atoms with van der Waals surface area (Å²) in [6, 6.07) is 0.669. The zero-order chi connectivity index (χ0) is 11.8. The molecule has 0 saturated heterocycles. The molecule has 4 atom stereocenters. The lowest BCUT2D eigenvalue weighted by molar-refractivity contribution is 0.225. The lowest BCUT2D eigenvalue weighted by atomic mass is 9.78. The van der Waals surface area contributed by atoms with Gasteiger partial charge in [0, 0.05) is 11.3 Å². The summed E-state index contributed by atoms with van der Waals surface area (Å²) in [6.45, 7) is 5.86. The highest BCUT2D eigenvalue weighted by atomic mass is 32.2. The van der Waals surface area contributed by atoms with Gasteiger partial charge in [-0.3, -0.25) is 4.99 Å². The van der Waals surface area contributed by atoms with Crippen molar-refractivity contribution in [3.8, 4) is 0 Å². The lowest BCUT2D eigenvalue weighted by Crippen LogP contribution is -2.42. The Morgan fingerprint density at radius 1 is 1.18 bits per heavy atom. The smallest absolute Gasteiger partial charge is 0.157 e. The summed E-state index contributed by atoms with van der Waals surface area (Å²) < 4.78 is 0. The maximum Gasteiger partial charge on any atom is 0.157 e. The number of nitrogens with one attached hydrogen (secondary N) is 1. The Hall–Kier alpha value is -0.180.